The molecule has 0 aliphatic rings. The Balaban J connectivity index is 2.78. The second-order valence-corrected chi connectivity index (χ2v) is 3.53. The van der Waals surface area contributed by atoms with Crippen molar-refractivity contribution in [3.05, 3.63) is 29.6 Å². The highest BCUT2D eigenvalue weighted by Crippen LogP contribution is 2.14. The van der Waals surface area contributed by atoms with Crippen molar-refractivity contribution in [3.8, 4) is 0 Å². The van der Waals surface area contributed by atoms with E-state index in [1.54, 1.807) is 6.20 Å². The lowest BCUT2D eigenvalue weighted by molar-refractivity contribution is -0.139. The summed E-state index contributed by atoms with van der Waals surface area (Å²) in [7, 11) is 1.39. The monoisotopic (exact) mass is 193 g/mol. The van der Waals surface area contributed by atoms with Crippen molar-refractivity contribution in [3.63, 3.8) is 0 Å². The summed E-state index contributed by atoms with van der Waals surface area (Å²) in [6.45, 7) is 4.19. The second-order valence-electron chi connectivity index (χ2n) is 3.53. The number of carbonyl (C=O) groups excluding carboxylic acids is 1. The molecule has 1 heterocycles. The Hall–Kier alpha value is -1.38. The average Bonchev–Trinajstić information content (AvgIpc) is 2.18. The highest BCUT2D eigenvalue weighted by Gasteiger charge is 2.05. The van der Waals surface area contributed by atoms with Gasteiger partial charge in [0.1, 0.15) is 0 Å². The number of esters is 1. The average molecular weight is 193 g/mol. The fraction of sp³-hybridized carbons (Fsp3) is 0.455. The van der Waals surface area contributed by atoms with Crippen LogP contribution in [0.25, 0.3) is 0 Å². The first-order valence-electron chi connectivity index (χ1n) is 4.64. The number of nitrogens with zero attached hydrogens (tertiary/aromatic N) is 1. The van der Waals surface area contributed by atoms with Crippen LogP contribution in [0.5, 0.6) is 0 Å². The van der Waals surface area contributed by atoms with Gasteiger partial charge in [0.15, 0.2) is 0 Å². The molecule has 0 amide bonds. The van der Waals surface area contributed by atoms with E-state index >= 15 is 0 Å². The van der Waals surface area contributed by atoms with Crippen molar-refractivity contribution in [2.45, 2.75) is 26.2 Å². The van der Waals surface area contributed by atoms with Crippen LogP contribution < -0.4 is 0 Å². The predicted molar refractivity (Wildman–Crippen MR) is 54.0 cm³/mol. The zero-order valence-corrected chi connectivity index (χ0v) is 8.78. The summed E-state index contributed by atoms with van der Waals surface area (Å²) in [5.41, 5.74) is 2.05. The molecule has 0 saturated heterocycles. The van der Waals surface area contributed by atoms with Crippen LogP contribution in [0, 0.1) is 0 Å². The van der Waals surface area contributed by atoms with Crippen LogP contribution in [0.1, 0.15) is 30.9 Å². The maximum Gasteiger partial charge on any atom is 0.310 e. The largest absolute Gasteiger partial charge is 0.469 e. The Morgan fingerprint density at radius 3 is 2.79 bits per heavy atom. The van der Waals surface area contributed by atoms with Crippen molar-refractivity contribution >= 4 is 5.97 Å². The molecule has 0 unspecified atom stereocenters. The van der Waals surface area contributed by atoms with E-state index < -0.39 is 0 Å². The fourth-order valence-corrected chi connectivity index (χ4v) is 1.16. The minimum Gasteiger partial charge on any atom is -0.469 e. The zero-order valence-electron chi connectivity index (χ0n) is 8.78. The minimum atomic E-state index is -0.229. The van der Waals surface area contributed by atoms with Crippen LogP contribution in [0.2, 0.25) is 0 Å². The third-order valence-electron chi connectivity index (χ3n) is 2.06. The first kappa shape index (κ1) is 10.7. The summed E-state index contributed by atoms with van der Waals surface area (Å²) in [4.78, 5) is 15.1. The van der Waals surface area contributed by atoms with Crippen LogP contribution in [0.15, 0.2) is 18.5 Å². The van der Waals surface area contributed by atoms with Gasteiger partial charge in [0.05, 0.1) is 13.5 Å². The van der Waals surface area contributed by atoms with Crippen molar-refractivity contribution in [1.29, 1.82) is 0 Å². The van der Waals surface area contributed by atoms with Crippen molar-refractivity contribution in [1.82, 2.24) is 4.98 Å². The van der Waals surface area contributed by atoms with E-state index in [2.05, 4.69) is 23.6 Å². The summed E-state index contributed by atoms with van der Waals surface area (Å²) in [5.74, 6) is 0.202. The number of ether oxygens (including phenoxy) is 1. The van der Waals surface area contributed by atoms with Crippen LogP contribution >= 0.6 is 0 Å². The Morgan fingerprint density at radius 1 is 1.50 bits per heavy atom. The first-order chi connectivity index (χ1) is 6.63. The van der Waals surface area contributed by atoms with Crippen molar-refractivity contribution in [2.24, 2.45) is 0 Å². The lowest BCUT2D eigenvalue weighted by atomic mass is 10.0. The van der Waals surface area contributed by atoms with E-state index in [0.29, 0.717) is 12.3 Å². The molecule has 1 rings (SSSR count). The number of carbonyl (C=O) groups is 1. The number of hydrogen-bond acceptors (Lipinski definition) is 3. The van der Waals surface area contributed by atoms with E-state index in [1.807, 2.05) is 12.3 Å². The van der Waals surface area contributed by atoms with Crippen LogP contribution in [-0.2, 0) is 16.0 Å². The molecule has 0 saturated carbocycles. The molecule has 0 aliphatic heterocycles. The molecule has 1 aromatic heterocycles. The number of pyridine rings is 1. The molecular formula is C11H15NO2. The fourth-order valence-electron chi connectivity index (χ4n) is 1.16. The molecule has 0 spiro atoms. The standard InChI is InChI=1S/C11H15NO2/c1-8(2)10-4-9(6-12-7-10)5-11(13)14-3/h4,6-8H,5H2,1-3H3. The lowest BCUT2D eigenvalue weighted by Crippen LogP contribution is -2.05. The number of hydrogen-bond donors (Lipinski definition) is 0. The Kier molecular flexibility index (Phi) is 3.63. The van der Waals surface area contributed by atoms with Gasteiger partial charge in [0.2, 0.25) is 0 Å². The Labute approximate surface area is 84.1 Å². The predicted octanol–water partition coefficient (Wildman–Crippen LogP) is 1.92. The molecule has 0 atom stereocenters. The third-order valence-corrected chi connectivity index (χ3v) is 2.06. The van der Waals surface area contributed by atoms with Gasteiger partial charge in [-0.1, -0.05) is 19.9 Å². The second kappa shape index (κ2) is 4.74. The third kappa shape index (κ3) is 2.83. The quantitative estimate of drug-likeness (QED) is 0.688. The van der Waals surface area contributed by atoms with E-state index in [1.165, 1.54) is 7.11 Å². The van der Waals surface area contributed by atoms with Gasteiger partial charge in [-0.15, -0.1) is 0 Å². The van der Waals surface area contributed by atoms with Crippen molar-refractivity contribution in [2.75, 3.05) is 7.11 Å². The first-order valence-corrected chi connectivity index (χ1v) is 4.64. The van der Waals surface area contributed by atoms with Gasteiger partial charge in [-0.25, -0.2) is 0 Å². The molecular weight excluding hydrogens is 178 g/mol. The minimum absolute atomic E-state index is 0.229. The lowest BCUT2D eigenvalue weighted by Gasteiger charge is -2.06. The molecule has 0 aliphatic carbocycles. The highest BCUT2D eigenvalue weighted by atomic mass is 16.5. The van der Waals surface area contributed by atoms with Gasteiger partial charge in [0, 0.05) is 12.4 Å². The summed E-state index contributed by atoms with van der Waals surface area (Å²) < 4.78 is 4.59. The van der Waals surface area contributed by atoms with E-state index in [-0.39, 0.29) is 5.97 Å². The summed E-state index contributed by atoms with van der Waals surface area (Å²) in [5, 5.41) is 0. The van der Waals surface area contributed by atoms with Gasteiger partial charge in [-0.05, 0) is 17.0 Å². The topological polar surface area (TPSA) is 39.2 Å². The molecule has 3 nitrogen and oxygen atoms in total. The normalized spacial score (nSPS) is 10.3. The molecule has 14 heavy (non-hydrogen) atoms. The summed E-state index contributed by atoms with van der Waals surface area (Å²) in [6, 6.07) is 1.99. The van der Waals surface area contributed by atoms with Gasteiger partial charge < -0.3 is 4.74 Å². The summed E-state index contributed by atoms with van der Waals surface area (Å²) >= 11 is 0. The van der Waals surface area contributed by atoms with Crippen molar-refractivity contribution < 1.29 is 9.53 Å². The maximum absolute atomic E-state index is 11.0. The van der Waals surface area contributed by atoms with Crippen LogP contribution in [-0.4, -0.2) is 18.1 Å². The molecule has 0 radical (unpaired) electrons. The molecule has 1 aromatic rings. The van der Waals surface area contributed by atoms with E-state index in [4.69, 9.17) is 0 Å². The van der Waals surface area contributed by atoms with E-state index in [9.17, 15) is 4.79 Å². The van der Waals surface area contributed by atoms with E-state index in [0.717, 1.165) is 11.1 Å². The molecule has 0 fully saturated rings. The van der Waals surface area contributed by atoms with Crippen LogP contribution in [0.4, 0.5) is 0 Å². The Morgan fingerprint density at radius 2 is 2.21 bits per heavy atom. The van der Waals surface area contributed by atoms with Gasteiger partial charge in [0.25, 0.3) is 0 Å². The number of methoxy groups -OCH3 is 1. The smallest absolute Gasteiger partial charge is 0.310 e. The van der Waals surface area contributed by atoms with Gasteiger partial charge in [-0.2, -0.15) is 0 Å². The molecule has 76 valence electrons. The molecule has 0 N–H and O–H groups in total. The van der Waals surface area contributed by atoms with Gasteiger partial charge in [-0.3, -0.25) is 9.78 Å². The van der Waals surface area contributed by atoms with Crippen LogP contribution in [0.3, 0.4) is 0 Å². The number of aromatic nitrogens is 1. The SMILES string of the molecule is COC(=O)Cc1cncc(C(C)C)c1. The molecule has 0 aromatic carbocycles. The molecule has 3 heteroatoms. The zero-order chi connectivity index (χ0) is 10.6. The highest BCUT2D eigenvalue weighted by molar-refractivity contribution is 5.72. The maximum atomic E-state index is 11.0. The van der Waals surface area contributed by atoms with Gasteiger partial charge >= 0.3 is 5.97 Å². The Bertz CT molecular complexity index is 321. The molecule has 0 bridgehead atoms. The number of rotatable bonds is 3. The summed E-state index contributed by atoms with van der Waals surface area (Å²) in [6.07, 6.45) is 3.82.